The van der Waals surface area contributed by atoms with Gasteiger partial charge in [-0.25, -0.2) is 0 Å². The minimum absolute atomic E-state index is 0.00473. The first-order valence-corrected chi connectivity index (χ1v) is 9.80. The summed E-state index contributed by atoms with van der Waals surface area (Å²) < 4.78 is 5.41. The Balaban J connectivity index is 1.55. The average Bonchev–Trinajstić information content (AvgIpc) is 2.73. The molecule has 7 heteroatoms. The maximum Gasteiger partial charge on any atom is 0.239 e. The van der Waals surface area contributed by atoms with Gasteiger partial charge in [-0.15, -0.1) is 0 Å². The smallest absolute Gasteiger partial charge is 0.239 e. The molecule has 7 nitrogen and oxygen atoms in total. The van der Waals surface area contributed by atoms with Crippen LogP contribution in [0.5, 0.6) is 0 Å². The van der Waals surface area contributed by atoms with Crippen molar-refractivity contribution in [2.24, 2.45) is 5.92 Å². The van der Waals surface area contributed by atoms with E-state index in [-0.39, 0.29) is 18.0 Å². The summed E-state index contributed by atoms with van der Waals surface area (Å²) in [6.07, 6.45) is 2.66. The van der Waals surface area contributed by atoms with Crippen LogP contribution in [-0.2, 0) is 9.53 Å². The molecule has 2 aromatic rings. The number of hydrogen-bond donors (Lipinski definition) is 2. The Morgan fingerprint density at radius 3 is 3.07 bits per heavy atom. The number of fused-ring (bicyclic) bond motifs is 1. The van der Waals surface area contributed by atoms with Crippen molar-refractivity contribution in [3.8, 4) is 6.07 Å². The number of nitriles is 1. The highest BCUT2D eigenvalue weighted by Crippen LogP contribution is 2.31. The van der Waals surface area contributed by atoms with Gasteiger partial charge in [0.1, 0.15) is 12.1 Å². The van der Waals surface area contributed by atoms with E-state index in [0.29, 0.717) is 31.2 Å². The molecule has 2 fully saturated rings. The minimum atomic E-state index is -0.278. The molecule has 146 valence electrons. The van der Waals surface area contributed by atoms with E-state index < -0.39 is 0 Å². The quantitative estimate of drug-likeness (QED) is 0.838. The number of ether oxygens (including phenoxy) is 1. The highest BCUT2D eigenvalue weighted by Gasteiger charge is 2.30. The number of benzene rings is 1. The number of nitrogens with one attached hydrogen (secondary N) is 2. The van der Waals surface area contributed by atoms with E-state index in [4.69, 9.17) is 4.74 Å². The van der Waals surface area contributed by atoms with Gasteiger partial charge in [0.25, 0.3) is 0 Å². The van der Waals surface area contributed by atoms with E-state index in [1.165, 1.54) is 0 Å². The number of piperidine rings is 1. The third kappa shape index (κ3) is 3.79. The van der Waals surface area contributed by atoms with Gasteiger partial charge < -0.3 is 20.3 Å². The molecule has 2 aliphatic rings. The normalized spacial score (nSPS) is 25.3. The molecule has 2 N–H and O–H groups in total. The molecule has 3 heterocycles. The molecule has 2 aliphatic heterocycles. The van der Waals surface area contributed by atoms with Crippen molar-refractivity contribution >= 4 is 22.5 Å². The zero-order valence-corrected chi connectivity index (χ0v) is 16.0. The van der Waals surface area contributed by atoms with E-state index in [2.05, 4.69) is 33.5 Å². The van der Waals surface area contributed by atoms with Crippen molar-refractivity contribution in [3.63, 3.8) is 0 Å². The zero-order chi connectivity index (χ0) is 19.5. The molecule has 1 aromatic carbocycles. The van der Waals surface area contributed by atoms with Gasteiger partial charge in [0, 0.05) is 42.9 Å². The number of aromatic nitrogens is 1. The number of carbonyl (C=O) groups is 1. The van der Waals surface area contributed by atoms with Crippen molar-refractivity contribution < 1.29 is 9.53 Å². The highest BCUT2D eigenvalue weighted by molar-refractivity contribution is 5.95. The Labute approximate surface area is 164 Å². The second-order valence-electron chi connectivity index (χ2n) is 7.68. The van der Waals surface area contributed by atoms with E-state index in [0.717, 1.165) is 36.1 Å². The summed E-state index contributed by atoms with van der Waals surface area (Å²) in [6, 6.07) is 9.75. The van der Waals surface area contributed by atoms with Gasteiger partial charge in [0.05, 0.1) is 24.3 Å². The predicted molar refractivity (Wildman–Crippen MR) is 107 cm³/mol. The molecule has 0 aliphatic carbocycles. The number of morpholine rings is 1. The first-order chi connectivity index (χ1) is 13.7. The molecule has 0 radical (unpaired) electrons. The maximum absolute atomic E-state index is 12.6. The maximum atomic E-state index is 12.6. The fourth-order valence-corrected chi connectivity index (χ4v) is 4.21. The Bertz CT molecular complexity index is 903. The van der Waals surface area contributed by atoms with Crippen molar-refractivity contribution in [1.82, 2.24) is 15.6 Å². The van der Waals surface area contributed by atoms with Crippen LogP contribution < -0.4 is 15.5 Å². The molecule has 4 rings (SSSR count). The standard InChI is InChI=1S/C21H25N5O2/c1-14-9-16(25-21(27)18-13-28-8-7-23-18)12-26(11-14)19-5-4-15(10-22)20-17(19)3-2-6-24-20/h2-6,14,16,18,23H,7-9,11-13H2,1H3,(H,25,27)/t14-,16+,18?/m0/s1. The molecule has 1 unspecified atom stereocenters. The second kappa shape index (κ2) is 8.13. The van der Waals surface area contributed by atoms with E-state index in [9.17, 15) is 10.1 Å². The van der Waals surface area contributed by atoms with Crippen molar-refractivity contribution in [1.29, 1.82) is 5.26 Å². The van der Waals surface area contributed by atoms with Crippen LogP contribution in [0.3, 0.4) is 0 Å². The Hall–Kier alpha value is -2.69. The van der Waals surface area contributed by atoms with Crippen molar-refractivity contribution in [2.75, 3.05) is 37.7 Å². The Morgan fingerprint density at radius 1 is 1.39 bits per heavy atom. The van der Waals surface area contributed by atoms with Crippen LogP contribution in [0.2, 0.25) is 0 Å². The fourth-order valence-electron chi connectivity index (χ4n) is 4.21. The van der Waals surface area contributed by atoms with E-state index in [1.54, 1.807) is 6.20 Å². The van der Waals surface area contributed by atoms with Crippen LogP contribution in [0.25, 0.3) is 10.9 Å². The molecule has 28 heavy (non-hydrogen) atoms. The minimum Gasteiger partial charge on any atom is -0.378 e. The first-order valence-electron chi connectivity index (χ1n) is 9.80. The van der Waals surface area contributed by atoms with Crippen LogP contribution in [0.15, 0.2) is 30.5 Å². The predicted octanol–water partition coefficient (Wildman–Crippen LogP) is 1.43. The number of hydrogen-bond acceptors (Lipinski definition) is 6. The van der Waals surface area contributed by atoms with Crippen LogP contribution in [0.1, 0.15) is 18.9 Å². The topological polar surface area (TPSA) is 90.3 Å². The Morgan fingerprint density at radius 2 is 2.29 bits per heavy atom. The summed E-state index contributed by atoms with van der Waals surface area (Å²) >= 11 is 0. The zero-order valence-electron chi connectivity index (χ0n) is 16.0. The van der Waals surface area contributed by atoms with Crippen molar-refractivity contribution in [2.45, 2.75) is 25.4 Å². The molecular formula is C21H25N5O2. The SMILES string of the molecule is C[C@H]1C[C@@H](NC(=O)C2COCCN2)CN(c2ccc(C#N)c3ncccc23)C1. The van der Waals surface area contributed by atoms with Crippen LogP contribution in [0, 0.1) is 17.2 Å². The molecule has 1 aromatic heterocycles. The van der Waals surface area contributed by atoms with Crippen LogP contribution in [-0.4, -0.2) is 55.8 Å². The van der Waals surface area contributed by atoms with Crippen molar-refractivity contribution in [3.05, 3.63) is 36.0 Å². The third-order valence-corrected chi connectivity index (χ3v) is 5.45. The highest BCUT2D eigenvalue weighted by atomic mass is 16.5. The lowest BCUT2D eigenvalue weighted by molar-refractivity contribution is -0.126. The van der Waals surface area contributed by atoms with Gasteiger partial charge in [-0.1, -0.05) is 6.92 Å². The van der Waals surface area contributed by atoms with Gasteiger partial charge in [-0.3, -0.25) is 9.78 Å². The molecular weight excluding hydrogens is 354 g/mol. The lowest BCUT2D eigenvalue weighted by Gasteiger charge is -2.39. The van der Waals surface area contributed by atoms with E-state index in [1.807, 2.05) is 24.3 Å². The lowest BCUT2D eigenvalue weighted by Crippen LogP contribution is -2.57. The summed E-state index contributed by atoms with van der Waals surface area (Å²) in [7, 11) is 0. The molecule has 3 atom stereocenters. The third-order valence-electron chi connectivity index (χ3n) is 5.45. The molecule has 0 spiro atoms. The Kier molecular flexibility index (Phi) is 5.42. The van der Waals surface area contributed by atoms with E-state index >= 15 is 0 Å². The molecule has 2 saturated heterocycles. The summed E-state index contributed by atoms with van der Waals surface area (Å²) in [5.74, 6) is 0.446. The van der Waals surface area contributed by atoms with Crippen LogP contribution >= 0.6 is 0 Å². The largest absolute Gasteiger partial charge is 0.378 e. The number of anilines is 1. The number of carbonyl (C=O) groups excluding carboxylic acids is 1. The van der Waals surface area contributed by atoms with Gasteiger partial charge in [-0.05, 0) is 36.6 Å². The first kappa shape index (κ1) is 18.7. The number of pyridine rings is 1. The number of nitrogens with zero attached hydrogens (tertiary/aromatic N) is 3. The average molecular weight is 379 g/mol. The monoisotopic (exact) mass is 379 g/mol. The van der Waals surface area contributed by atoms with Gasteiger partial charge in [0.15, 0.2) is 0 Å². The molecule has 1 amide bonds. The van der Waals surface area contributed by atoms with Crippen LogP contribution in [0.4, 0.5) is 5.69 Å². The number of rotatable bonds is 3. The van der Waals surface area contributed by atoms with Gasteiger partial charge in [-0.2, -0.15) is 5.26 Å². The molecule has 0 saturated carbocycles. The van der Waals surface area contributed by atoms with Gasteiger partial charge in [0.2, 0.25) is 5.91 Å². The summed E-state index contributed by atoms with van der Waals surface area (Å²) in [5.41, 5.74) is 2.37. The summed E-state index contributed by atoms with van der Waals surface area (Å²) in [5, 5.41) is 16.8. The lowest BCUT2D eigenvalue weighted by atomic mass is 9.94. The number of amides is 1. The van der Waals surface area contributed by atoms with Gasteiger partial charge >= 0.3 is 0 Å². The molecule has 0 bridgehead atoms. The summed E-state index contributed by atoms with van der Waals surface area (Å²) in [4.78, 5) is 19.3. The fraction of sp³-hybridized carbons (Fsp3) is 0.476. The summed E-state index contributed by atoms with van der Waals surface area (Å²) in [6.45, 7) is 5.63. The second-order valence-corrected chi connectivity index (χ2v) is 7.68.